The Morgan fingerprint density at radius 3 is 2.51 bits per heavy atom. The van der Waals surface area contributed by atoms with Crippen LogP contribution in [0.1, 0.15) is 45.2 Å². The SMILES string of the molecule is COc1ccc(C(C)(C)C)cc1NC(=O)CN1C(=O)N[C@](C)(c2ccc3c(c2)OCCCO3)C1=O. The van der Waals surface area contributed by atoms with Crippen molar-refractivity contribution in [3.8, 4) is 17.2 Å². The monoisotopic (exact) mass is 481 g/mol. The average Bonchev–Trinajstić information content (AvgIpc) is 2.97. The summed E-state index contributed by atoms with van der Waals surface area (Å²) in [6, 6.07) is 10.1. The molecule has 1 atom stereocenters. The first-order chi connectivity index (χ1) is 16.5. The van der Waals surface area contributed by atoms with Crippen molar-refractivity contribution in [2.45, 2.75) is 45.1 Å². The molecule has 0 unspecified atom stereocenters. The molecule has 2 aromatic carbocycles. The number of rotatable bonds is 5. The van der Waals surface area contributed by atoms with Crippen LogP contribution in [0.5, 0.6) is 17.2 Å². The summed E-state index contributed by atoms with van der Waals surface area (Å²) in [5.41, 5.74) is 0.545. The van der Waals surface area contributed by atoms with Crippen LogP contribution in [0, 0.1) is 0 Å². The Labute approximate surface area is 204 Å². The van der Waals surface area contributed by atoms with Crippen molar-refractivity contribution >= 4 is 23.5 Å². The average molecular weight is 482 g/mol. The maximum atomic E-state index is 13.3. The van der Waals surface area contributed by atoms with E-state index in [0.717, 1.165) is 16.9 Å². The summed E-state index contributed by atoms with van der Waals surface area (Å²) < 4.78 is 16.8. The van der Waals surface area contributed by atoms with E-state index < -0.39 is 29.9 Å². The highest BCUT2D eigenvalue weighted by Crippen LogP contribution is 2.37. The first-order valence-electron chi connectivity index (χ1n) is 11.6. The number of carbonyl (C=O) groups excluding carboxylic acids is 3. The third kappa shape index (κ3) is 4.76. The van der Waals surface area contributed by atoms with Crippen molar-refractivity contribution in [1.29, 1.82) is 0 Å². The van der Waals surface area contributed by atoms with Gasteiger partial charge < -0.3 is 24.8 Å². The van der Waals surface area contributed by atoms with Crippen LogP contribution in [-0.2, 0) is 20.5 Å². The maximum absolute atomic E-state index is 13.3. The predicted molar refractivity (Wildman–Crippen MR) is 130 cm³/mol. The van der Waals surface area contributed by atoms with E-state index in [-0.39, 0.29) is 5.41 Å². The maximum Gasteiger partial charge on any atom is 0.325 e. The van der Waals surface area contributed by atoms with Crippen LogP contribution in [0.2, 0.25) is 0 Å². The number of anilines is 1. The van der Waals surface area contributed by atoms with Gasteiger partial charge in [0.15, 0.2) is 11.5 Å². The number of methoxy groups -OCH3 is 1. The van der Waals surface area contributed by atoms with Crippen LogP contribution >= 0.6 is 0 Å². The second-order valence-corrected chi connectivity index (χ2v) is 9.87. The number of nitrogens with zero attached hydrogens (tertiary/aromatic N) is 1. The fourth-order valence-corrected chi connectivity index (χ4v) is 4.12. The van der Waals surface area contributed by atoms with E-state index in [4.69, 9.17) is 14.2 Å². The summed E-state index contributed by atoms with van der Waals surface area (Å²) in [6.45, 7) is 8.41. The molecule has 9 heteroatoms. The van der Waals surface area contributed by atoms with Crippen LogP contribution in [0.3, 0.4) is 0 Å². The smallest absolute Gasteiger partial charge is 0.325 e. The molecule has 2 aliphatic rings. The molecule has 2 heterocycles. The number of benzene rings is 2. The number of carbonyl (C=O) groups is 3. The van der Waals surface area contributed by atoms with Gasteiger partial charge >= 0.3 is 6.03 Å². The molecule has 4 rings (SSSR count). The second-order valence-electron chi connectivity index (χ2n) is 9.87. The fraction of sp³-hybridized carbons (Fsp3) is 0.423. The van der Waals surface area contributed by atoms with Crippen molar-refractivity contribution in [2.75, 3.05) is 32.2 Å². The molecule has 1 fully saturated rings. The normalized spacial score (nSPS) is 19.7. The minimum Gasteiger partial charge on any atom is -0.495 e. The van der Waals surface area contributed by atoms with Gasteiger partial charge in [-0.1, -0.05) is 32.9 Å². The van der Waals surface area contributed by atoms with Crippen molar-refractivity contribution in [2.24, 2.45) is 0 Å². The minimum absolute atomic E-state index is 0.138. The molecule has 0 spiro atoms. The lowest BCUT2D eigenvalue weighted by atomic mass is 9.87. The van der Waals surface area contributed by atoms with Crippen LogP contribution in [0.4, 0.5) is 10.5 Å². The van der Waals surface area contributed by atoms with Crippen LogP contribution < -0.4 is 24.8 Å². The molecule has 1 saturated heterocycles. The molecule has 2 aromatic rings. The molecular weight excluding hydrogens is 450 g/mol. The third-order valence-corrected chi connectivity index (χ3v) is 6.24. The van der Waals surface area contributed by atoms with E-state index in [2.05, 4.69) is 31.4 Å². The van der Waals surface area contributed by atoms with E-state index in [1.165, 1.54) is 7.11 Å². The van der Waals surface area contributed by atoms with E-state index in [1.54, 1.807) is 31.2 Å². The molecule has 186 valence electrons. The van der Waals surface area contributed by atoms with Gasteiger partial charge in [-0.3, -0.25) is 14.5 Å². The van der Waals surface area contributed by atoms with Gasteiger partial charge in [0.05, 0.1) is 26.0 Å². The third-order valence-electron chi connectivity index (χ3n) is 6.24. The van der Waals surface area contributed by atoms with Gasteiger partial charge in [0, 0.05) is 6.42 Å². The van der Waals surface area contributed by atoms with Crippen molar-refractivity contribution in [3.63, 3.8) is 0 Å². The molecule has 35 heavy (non-hydrogen) atoms. The Morgan fingerprint density at radius 2 is 1.83 bits per heavy atom. The first-order valence-corrected chi connectivity index (χ1v) is 11.6. The van der Waals surface area contributed by atoms with Crippen LogP contribution in [0.25, 0.3) is 0 Å². The van der Waals surface area contributed by atoms with Gasteiger partial charge in [-0.15, -0.1) is 0 Å². The standard InChI is InChI=1S/C26H31N3O6/c1-25(2,3)16-7-9-19(33-5)18(13-16)27-22(30)15-29-23(31)26(4,28-24(29)32)17-8-10-20-21(14-17)35-12-6-11-34-20/h7-10,13-14H,6,11-12,15H2,1-5H3,(H,27,30)(H,28,32)/t26-/m1/s1. The molecule has 0 bridgehead atoms. The number of amides is 4. The molecule has 0 aliphatic carbocycles. The Kier molecular flexibility index (Phi) is 6.36. The van der Waals surface area contributed by atoms with Gasteiger partial charge in [0.25, 0.3) is 5.91 Å². The van der Waals surface area contributed by atoms with Gasteiger partial charge in [0.2, 0.25) is 5.91 Å². The van der Waals surface area contributed by atoms with E-state index in [0.29, 0.717) is 41.7 Å². The van der Waals surface area contributed by atoms with E-state index in [1.807, 2.05) is 12.1 Å². The zero-order chi connectivity index (χ0) is 25.4. The van der Waals surface area contributed by atoms with Crippen LogP contribution in [-0.4, -0.2) is 49.6 Å². The number of nitrogens with one attached hydrogen (secondary N) is 2. The lowest BCUT2D eigenvalue weighted by Gasteiger charge is -2.23. The Hall–Kier alpha value is -3.75. The molecule has 4 amide bonds. The summed E-state index contributed by atoms with van der Waals surface area (Å²) in [5.74, 6) is 0.559. The first kappa shape index (κ1) is 24.4. The molecule has 2 N–H and O–H groups in total. The summed E-state index contributed by atoms with van der Waals surface area (Å²) in [6.07, 6.45) is 0.753. The number of imide groups is 1. The highest BCUT2D eigenvalue weighted by atomic mass is 16.5. The number of hydrogen-bond acceptors (Lipinski definition) is 6. The molecule has 2 aliphatic heterocycles. The highest BCUT2D eigenvalue weighted by Gasteiger charge is 2.49. The highest BCUT2D eigenvalue weighted by molar-refractivity contribution is 6.10. The molecule has 0 aromatic heterocycles. The summed E-state index contributed by atoms with van der Waals surface area (Å²) in [5, 5.41) is 5.51. The Morgan fingerprint density at radius 1 is 1.11 bits per heavy atom. The lowest BCUT2D eigenvalue weighted by Crippen LogP contribution is -2.42. The molecule has 9 nitrogen and oxygen atoms in total. The number of ether oxygens (including phenoxy) is 3. The van der Waals surface area contributed by atoms with Crippen LogP contribution in [0.15, 0.2) is 36.4 Å². The second kappa shape index (κ2) is 9.13. The summed E-state index contributed by atoms with van der Waals surface area (Å²) >= 11 is 0. The van der Waals surface area contributed by atoms with Gasteiger partial charge in [0.1, 0.15) is 17.8 Å². The zero-order valence-corrected chi connectivity index (χ0v) is 20.7. The van der Waals surface area contributed by atoms with Crippen molar-refractivity contribution < 1.29 is 28.6 Å². The Bertz CT molecular complexity index is 1170. The van der Waals surface area contributed by atoms with Crippen molar-refractivity contribution in [1.82, 2.24) is 10.2 Å². The largest absolute Gasteiger partial charge is 0.495 e. The van der Waals surface area contributed by atoms with Gasteiger partial charge in [-0.25, -0.2) is 4.79 Å². The molecule has 0 saturated carbocycles. The summed E-state index contributed by atoms with van der Waals surface area (Å²) in [7, 11) is 1.51. The number of hydrogen-bond donors (Lipinski definition) is 2. The summed E-state index contributed by atoms with van der Waals surface area (Å²) in [4.78, 5) is 39.9. The quantitative estimate of drug-likeness (QED) is 0.633. The van der Waals surface area contributed by atoms with Gasteiger partial charge in [-0.05, 0) is 47.7 Å². The fourth-order valence-electron chi connectivity index (χ4n) is 4.12. The Balaban J connectivity index is 1.52. The number of fused-ring (bicyclic) bond motifs is 1. The van der Waals surface area contributed by atoms with Crippen molar-refractivity contribution in [3.05, 3.63) is 47.5 Å². The lowest BCUT2D eigenvalue weighted by molar-refractivity contribution is -0.133. The number of urea groups is 1. The molecule has 0 radical (unpaired) electrons. The van der Waals surface area contributed by atoms with Gasteiger partial charge in [-0.2, -0.15) is 0 Å². The molecular formula is C26H31N3O6. The van der Waals surface area contributed by atoms with E-state index in [9.17, 15) is 14.4 Å². The predicted octanol–water partition coefficient (Wildman–Crippen LogP) is 3.56. The topological polar surface area (TPSA) is 106 Å². The zero-order valence-electron chi connectivity index (χ0n) is 20.7. The minimum atomic E-state index is -1.34. The van der Waals surface area contributed by atoms with E-state index >= 15 is 0 Å².